The van der Waals surface area contributed by atoms with E-state index in [1.165, 1.54) is 36.8 Å². The summed E-state index contributed by atoms with van der Waals surface area (Å²) in [6, 6.07) is 6.33. The molecule has 1 aromatic rings. The lowest BCUT2D eigenvalue weighted by atomic mass is 9.52. The van der Waals surface area contributed by atoms with Gasteiger partial charge in [0.1, 0.15) is 5.75 Å². The first-order valence-corrected chi connectivity index (χ1v) is 11.5. The van der Waals surface area contributed by atoms with E-state index in [4.69, 9.17) is 4.74 Å². The van der Waals surface area contributed by atoms with Crippen molar-refractivity contribution in [1.82, 2.24) is 4.90 Å². The van der Waals surface area contributed by atoms with Crippen LogP contribution in [0.2, 0.25) is 0 Å². The van der Waals surface area contributed by atoms with Crippen molar-refractivity contribution < 1.29 is 14.6 Å². The number of carbonyl (C=O) groups is 1. The number of rotatable bonds is 5. The standard InChI is InChI=1S/C25H37NO3/c1-5-6-16-13-17-14-18(29-23(28)15-26(3)4)7-8-19(17)20-11-12-25(2)21(24(16)20)9-10-22(25)27/h7-8,14,16,20-22,24,27H,5-6,9-13,15H2,1-4H3/t16-,20-,21+,22+,24-,25+/m1/s1. The molecule has 0 amide bonds. The Hall–Kier alpha value is -1.39. The Kier molecular flexibility index (Phi) is 5.78. The number of aliphatic hydroxyl groups excluding tert-OH is 1. The van der Waals surface area contributed by atoms with Crippen molar-refractivity contribution in [3.63, 3.8) is 0 Å². The Morgan fingerprint density at radius 1 is 1.28 bits per heavy atom. The number of hydrogen-bond acceptors (Lipinski definition) is 4. The number of hydrogen-bond donors (Lipinski definition) is 1. The largest absolute Gasteiger partial charge is 0.426 e. The van der Waals surface area contributed by atoms with Crippen LogP contribution in [0, 0.1) is 23.2 Å². The van der Waals surface area contributed by atoms with Gasteiger partial charge in [0, 0.05) is 0 Å². The number of carbonyl (C=O) groups excluding carboxylic acids is 1. The maximum Gasteiger partial charge on any atom is 0.325 e. The molecular formula is C25H37NO3. The van der Waals surface area contributed by atoms with Crippen LogP contribution in [-0.2, 0) is 11.2 Å². The van der Waals surface area contributed by atoms with Gasteiger partial charge in [-0.3, -0.25) is 9.69 Å². The molecule has 0 spiro atoms. The van der Waals surface area contributed by atoms with Crippen molar-refractivity contribution in [3.05, 3.63) is 29.3 Å². The number of esters is 1. The molecular weight excluding hydrogens is 362 g/mol. The van der Waals surface area contributed by atoms with Crippen LogP contribution in [0.1, 0.15) is 69.4 Å². The molecule has 3 aliphatic rings. The minimum absolute atomic E-state index is 0.103. The summed E-state index contributed by atoms with van der Waals surface area (Å²) in [7, 11) is 3.75. The van der Waals surface area contributed by atoms with E-state index in [1.54, 1.807) is 0 Å². The van der Waals surface area contributed by atoms with Gasteiger partial charge in [0.05, 0.1) is 12.6 Å². The lowest BCUT2D eigenvalue weighted by Gasteiger charge is -2.53. The molecule has 0 aromatic heterocycles. The van der Waals surface area contributed by atoms with E-state index >= 15 is 0 Å². The van der Waals surface area contributed by atoms with E-state index in [1.807, 2.05) is 25.1 Å². The molecule has 0 aliphatic heterocycles. The number of ether oxygens (including phenoxy) is 1. The fourth-order valence-corrected chi connectivity index (χ4v) is 6.88. The van der Waals surface area contributed by atoms with E-state index in [-0.39, 0.29) is 17.5 Å². The number of aliphatic hydroxyl groups is 1. The molecule has 160 valence electrons. The van der Waals surface area contributed by atoms with Crippen LogP contribution >= 0.6 is 0 Å². The average molecular weight is 400 g/mol. The molecule has 29 heavy (non-hydrogen) atoms. The number of nitrogens with zero attached hydrogens (tertiary/aromatic N) is 1. The van der Waals surface area contributed by atoms with Crippen molar-refractivity contribution in [3.8, 4) is 5.75 Å². The average Bonchev–Trinajstić information content (AvgIpc) is 2.96. The van der Waals surface area contributed by atoms with Crippen LogP contribution in [0.4, 0.5) is 0 Å². The van der Waals surface area contributed by atoms with E-state index in [9.17, 15) is 9.90 Å². The van der Waals surface area contributed by atoms with Gasteiger partial charge in [-0.2, -0.15) is 0 Å². The highest BCUT2D eigenvalue weighted by Gasteiger charge is 2.56. The smallest absolute Gasteiger partial charge is 0.325 e. The zero-order chi connectivity index (χ0) is 20.8. The molecule has 4 nitrogen and oxygen atoms in total. The van der Waals surface area contributed by atoms with E-state index in [0.29, 0.717) is 36.0 Å². The van der Waals surface area contributed by atoms with Crippen molar-refractivity contribution in [2.45, 2.75) is 70.8 Å². The van der Waals surface area contributed by atoms with Gasteiger partial charge in [0.25, 0.3) is 0 Å². The molecule has 6 atom stereocenters. The molecule has 4 rings (SSSR count). The second kappa shape index (κ2) is 8.03. The SMILES string of the molecule is CCC[C@@H]1Cc2cc(OC(=O)CN(C)C)ccc2[C@H]2CC[C@]3(C)[C@@H](O)CC[C@H]3[C@H]12. The summed E-state index contributed by atoms with van der Waals surface area (Å²) >= 11 is 0. The van der Waals surface area contributed by atoms with E-state index in [0.717, 1.165) is 19.3 Å². The van der Waals surface area contributed by atoms with Gasteiger partial charge >= 0.3 is 5.97 Å². The summed E-state index contributed by atoms with van der Waals surface area (Å²) in [5.74, 6) is 3.05. The highest BCUT2D eigenvalue weighted by Crippen LogP contribution is 2.62. The molecule has 2 fully saturated rings. The van der Waals surface area contributed by atoms with Crippen molar-refractivity contribution in [2.24, 2.45) is 23.2 Å². The second-order valence-corrected chi connectivity index (χ2v) is 10.3. The Morgan fingerprint density at radius 3 is 2.79 bits per heavy atom. The van der Waals surface area contributed by atoms with E-state index < -0.39 is 0 Å². The fraction of sp³-hybridized carbons (Fsp3) is 0.720. The molecule has 0 unspecified atom stereocenters. The molecule has 1 aromatic carbocycles. The van der Waals surface area contributed by atoms with Gasteiger partial charge in [-0.1, -0.05) is 32.8 Å². The molecule has 2 saturated carbocycles. The summed E-state index contributed by atoms with van der Waals surface area (Å²) in [6.45, 7) is 4.93. The van der Waals surface area contributed by atoms with Gasteiger partial charge in [0.2, 0.25) is 0 Å². The summed E-state index contributed by atoms with van der Waals surface area (Å²) in [6.07, 6.45) is 7.83. The van der Waals surface area contributed by atoms with Crippen LogP contribution in [0.5, 0.6) is 5.75 Å². The number of benzene rings is 1. The Labute approximate surface area is 175 Å². The normalized spacial score (nSPS) is 35.7. The highest BCUT2D eigenvalue weighted by molar-refractivity contribution is 5.74. The van der Waals surface area contributed by atoms with Gasteiger partial charge in [-0.05, 0) is 98.5 Å². The Morgan fingerprint density at radius 2 is 2.07 bits per heavy atom. The predicted molar refractivity (Wildman–Crippen MR) is 115 cm³/mol. The molecule has 0 saturated heterocycles. The molecule has 0 radical (unpaired) electrons. The predicted octanol–water partition coefficient (Wildman–Crippen LogP) is 4.40. The maximum absolute atomic E-state index is 12.1. The molecule has 1 N–H and O–H groups in total. The second-order valence-electron chi connectivity index (χ2n) is 10.3. The van der Waals surface area contributed by atoms with Crippen molar-refractivity contribution in [1.29, 1.82) is 0 Å². The monoisotopic (exact) mass is 399 g/mol. The van der Waals surface area contributed by atoms with Crippen LogP contribution in [0.3, 0.4) is 0 Å². The van der Waals surface area contributed by atoms with Crippen molar-refractivity contribution in [2.75, 3.05) is 20.6 Å². The topological polar surface area (TPSA) is 49.8 Å². The first-order valence-electron chi connectivity index (χ1n) is 11.5. The fourth-order valence-electron chi connectivity index (χ4n) is 6.88. The molecule has 4 heteroatoms. The van der Waals surface area contributed by atoms with Gasteiger partial charge in [-0.25, -0.2) is 0 Å². The summed E-state index contributed by atoms with van der Waals surface area (Å²) in [4.78, 5) is 13.9. The summed E-state index contributed by atoms with van der Waals surface area (Å²) in [5, 5.41) is 10.7. The van der Waals surface area contributed by atoms with Gasteiger partial charge in [0.15, 0.2) is 0 Å². The minimum atomic E-state index is -0.206. The zero-order valence-corrected chi connectivity index (χ0v) is 18.5. The van der Waals surface area contributed by atoms with E-state index in [2.05, 4.69) is 26.0 Å². The first-order chi connectivity index (χ1) is 13.8. The molecule has 0 heterocycles. The number of fused-ring (bicyclic) bond motifs is 5. The van der Waals surface area contributed by atoms with Crippen molar-refractivity contribution >= 4 is 5.97 Å². The third-order valence-electron chi connectivity index (χ3n) is 8.16. The maximum atomic E-state index is 12.1. The third kappa shape index (κ3) is 3.74. The van der Waals surface area contributed by atoms with Crippen LogP contribution in [0.25, 0.3) is 0 Å². The lowest BCUT2D eigenvalue weighted by molar-refractivity contribution is -0.135. The van der Waals surface area contributed by atoms with Gasteiger partial charge < -0.3 is 9.84 Å². The first kappa shape index (κ1) is 20.9. The summed E-state index contributed by atoms with van der Waals surface area (Å²) < 4.78 is 5.61. The Balaban J connectivity index is 1.62. The highest BCUT2D eigenvalue weighted by atomic mass is 16.5. The van der Waals surface area contributed by atoms with Crippen LogP contribution in [0.15, 0.2) is 18.2 Å². The van der Waals surface area contributed by atoms with Gasteiger partial charge in [-0.15, -0.1) is 0 Å². The lowest BCUT2D eigenvalue weighted by Crippen LogP contribution is -2.47. The molecule has 3 aliphatic carbocycles. The van der Waals surface area contributed by atoms with Crippen LogP contribution in [-0.4, -0.2) is 42.7 Å². The number of likely N-dealkylation sites (N-methyl/N-ethyl adjacent to an activating group) is 1. The zero-order valence-electron chi connectivity index (χ0n) is 18.5. The minimum Gasteiger partial charge on any atom is -0.426 e. The summed E-state index contributed by atoms with van der Waals surface area (Å²) in [5.41, 5.74) is 2.95. The quantitative estimate of drug-likeness (QED) is 0.589. The van der Waals surface area contributed by atoms with Crippen LogP contribution < -0.4 is 4.74 Å². The molecule has 0 bridgehead atoms. The Bertz CT molecular complexity index is 760. The third-order valence-corrected chi connectivity index (χ3v) is 8.16.